The van der Waals surface area contributed by atoms with Gasteiger partial charge >= 0.3 is 11.6 Å². The molecule has 96 valence electrons. The first-order valence-electron chi connectivity index (χ1n) is 5.02. The van der Waals surface area contributed by atoms with Gasteiger partial charge in [-0.15, -0.1) is 0 Å². The number of aryl methyl sites for hydroxylation is 1. The second-order valence-corrected chi connectivity index (χ2v) is 4.12. The highest BCUT2D eigenvalue weighted by Crippen LogP contribution is 2.21. The molecule has 0 unspecified atom stereocenters. The van der Waals surface area contributed by atoms with Crippen molar-refractivity contribution in [2.45, 2.75) is 13.8 Å². The normalized spacial score (nSPS) is 9.94. The van der Waals surface area contributed by atoms with Crippen LogP contribution in [0.2, 0.25) is 5.02 Å². The molecule has 0 radical (unpaired) electrons. The lowest BCUT2D eigenvalue weighted by Gasteiger charge is -1.91. The number of Topliss-reactive ketones (excluding diaryl/α,β-unsaturated/α-hetero) is 1. The van der Waals surface area contributed by atoms with E-state index in [1.807, 2.05) is 0 Å². The molecule has 2 aromatic rings. The average Bonchev–Trinajstić information content (AvgIpc) is 2.55. The molecule has 0 aliphatic rings. The van der Waals surface area contributed by atoms with Crippen molar-refractivity contribution in [3.63, 3.8) is 0 Å². The summed E-state index contributed by atoms with van der Waals surface area (Å²) in [7, 11) is 0. The fourth-order valence-corrected chi connectivity index (χ4v) is 1.78. The third-order valence-electron chi connectivity index (χ3n) is 2.41. The summed E-state index contributed by atoms with van der Waals surface area (Å²) in [5.41, 5.74) is 0.794. The Balaban J connectivity index is 0.00000162. The molecule has 0 amide bonds. The Kier molecular flexibility index (Phi) is 4.38. The van der Waals surface area contributed by atoms with Crippen LogP contribution < -0.4 is 17.1 Å². The van der Waals surface area contributed by atoms with E-state index in [1.165, 1.54) is 6.92 Å². The topological polar surface area (TPSA) is 54.3 Å². The minimum atomic E-state index is -0.256. The van der Waals surface area contributed by atoms with Crippen LogP contribution in [0.5, 0.6) is 0 Å². The molecule has 2 rings (SSSR count). The Labute approximate surface area is 115 Å². The molecule has 6 heteroatoms. The van der Waals surface area contributed by atoms with Crippen LogP contribution in [0.4, 0.5) is 0 Å². The van der Waals surface area contributed by atoms with E-state index in [2.05, 4.69) is 0 Å². The van der Waals surface area contributed by atoms with Gasteiger partial charge in [-0.3, -0.25) is 10.0 Å². The maximum atomic E-state index is 11.3. The maximum Gasteiger partial charge on any atom is 0.430 e. The van der Waals surface area contributed by atoms with Gasteiger partial charge in [-0.05, 0) is 24.3 Å². The zero-order chi connectivity index (χ0) is 12.6. The molecular weight excluding hydrogens is 277 g/mol. The lowest BCUT2D eigenvalue weighted by Crippen LogP contribution is -3.00. The number of rotatable bonds is 2. The van der Waals surface area contributed by atoms with Crippen molar-refractivity contribution in [2.75, 3.05) is 0 Å². The van der Waals surface area contributed by atoms with E-state index < -0.39 is 0 Å². The summed E-state index contributed by atoms with van der Waals surface area (Å²) < 4.78 is 6.15. The van der Waals surface area contributed by atoms with Crippen molar-refractivity contribution in [2.24, 2.45) is 0 Å². The highest BCUT2D eigenvalue weighted by atomic mass is 35.5. The van der Waals surface area contributed by atoms with E-state index in [4.69, 9.17) is 16.0 Å². The maximum absolute atomic E-state index is 11.3. The van der Waals surface area contributed by atoms with Crippen molar-refractivity contribution < 1.29 is 31.6 Å². The predicted octanol–water partition coefficient (Wildman–Crippen LogP) is -0.360. The largest absolute Gasteiger partial charge is 1.00 e. The zero-order valence-corrected chi connectivity index (χ0v) is 11.3. The van der Waals surface area contributed by atoms with Crippen LogP contribution in [-0.4, -0.2) is 11.0 Å². The third kappa shape index (κ3) is 2.49. The molecule has 1 aromatic carbocycles. The fraction of sp³-hybridized carbons (Fsp3) is 0.167. The van der Waals surface area contributed by atoms with E-state index in [0.29, 0.717) is 16.3 Å². The lowest BCUT2D eigenvalue weighted by atomic mass is 10.2. The van der Waals surface area contributed by atoms with Crippen LogP contribution in [0.15, 0.2) is 28.7 Å². The highest BCUT2D eigenvalue weighted by Gasteiger charge is 2.31. The van der Waals surface area contributed by atoms with Gasteiger partial charge in [0.15, 0.2) is 5.76 Å². The second-order valence-electron chi connectivity index (χ2n) is 3.69. The van der Waals surface area contributed by atoms with Crippen LogP contribution in [0.1, 0.15) is 23.2 Å². The molecule has 0 fully saturated rings. The summed E-state index contributed by atoms with van der Waals surface area (Å²) in [6.45, 7) is 3.00. The van der Waals surface area contributed by atoms with Gasteiger partial charge in [0.05, 0.1) is 10.3 Å². The Morgan fingerprint density at radius 2 is 1.89 bits per heavy atom. The monoisotopic (exact) mass is 287 g/mol. The number of benzene rings is 1. The molecule has 0 saturated heterocycles. The van der Waals surface area contributed by atoms with Gasteiger partial charge in [-0.1, -0.05) is 11.6 Å². The van der Waals surface area contributed by atoms with Gasteiger partial charge in [-0.2, -0.15) is 0 Å². The Bertz CT molecular complexity index is 576. The molecule has 1 N–H and O–H groups in total. The van der Waals surface area contributed by atoms with Crippen LogP contribution in [-0.2, 0) is 0 Å². The van der Waals surface area contributed by atoms with Gasteiger partial charge in [0.2, 0.25) is 5.78 Å². The number of hydrogen-bond acceptors (Lipinski definition) is 3. The first-order valence-corrected chi connectivity index (χ1v) is 5.40. The van der Waals surface area contributed by atoms with Crippen LogP contribution in [0.25, 0.3) is 11.5 Å². The first-order chi connectivity index (χ1) is 8.00. The fourth-order valence-electron chi connectivity index (χ4n) is 1.66. The molecule has 0 bridgehead atoms. The van der Waals surface area contributed by atoms with Crippen LogP contribution in [0, 0.1) is 6.92 Å². The summed E-state index contributed by atoms with van der Waals surface area (Å²) >= 11 is 5.77. The molecule has 1 aromatic heterocycles. The zero-order valence-electron chi connectivity index (χ0n) is 9.78. The van der Waals surface area contributed by atoms with Crippen LogP contribution in [0.3, 0.4) is 0 Å². The standard InChI is InChI=1S/C12H11ClNO3.ClH/c1-7(15)11-8(2)17-12(14(11)16)9-3-5-10(13)6-4-9;/h3-6,16H,1-2H3;1H/q+1;/p-1. The number of halogens is 2. The number of ketones is 1. The SMILES string of the molecule is CC(=O)c1c(C)oc(-c2ccc(Cl)cc2)[n+]1O.[Cl-]. The quantitative estimate of drug-likeness (QED) is 0.466. The van der Waals surface area contributed by atoms with Crippen molar-refractivity contribution in [3.05, 3.63) is 40.7 Å². The molecular formula is C12H11Cl2NO3. The summed E-state index contributed by atoms with van der Waals surface area (Å²) in [6, 6.07) is 6.78. The minimum absolute atomic E-state index is 0. The second kappa shape index (κ2) is 5.42. The number of hydrogen-bond donors (Lipinski definition) is 1. The van der Waals surface area contributed by atoms with Gasteiger partial charge in [0.1, 0.15) is 0 Å². The van der Waals surface area contributed by atoms with Crippen molar-refractivity contribution in [1.29, 1.82) is 0 Å². The van der Waals surface area contributed by atoms with E-state index in [0.717, 1.165) is 4.73 Å². The molecule has 0 aliphatic heterocycles. The number of aromatic nitrogens is 1. The summed E-state index contributed by atoms with van der Waals surface area (Å²) in [6.07, 6.45) is 0. The smallest absolute Gasteiger partial charge is 0.430 e. The first kappa shape index (κ1) is 14.5. The molecule has 0 aliphatic carbocycles. The summed E-state index contributed by atoms with van der Waals surface area (Å²) in [5.74, 6) is 0.336. The number of nitrogens with zero attached hydrogens (tertiary/aromatic N) is 1. The van der Waals surface area contributed by atoms with Crippen molar-refractivity contribution in [1.82, 2.24) is 0 Å². The molecule has 0 spiro atoms. The number of oxazole rings is 1. The van der Waals surface area contributed by atoms with Crippen molar-refractivity contribution in [3.8, 4) is 11.5 Å². The minimum Gasteiger partial charge on any atom is -1.00 e. The molecule has 4 nitrogen and oxygen atoms in total. The van der Waals surface area contributed by atoms with E-state index in [-0.39, 0.29) is 29.8 Å². The van der Waals surface area contributed by atoms with Gasteiger partial charge in [0, 0.05) is 18.9 Å². The highest BCUT2D eigenvalue weighted by molar-refractivity contribution is 6.30. The predicted molar refractivity (Wildman–Crippen MR) is 61.3 cm³/mol. The van der Waals surface area contributed by atoms with E-state index >= 15 is 0 Å². The van der Waals surface area contributed by atoms with Crippen LogP contribution >= 0.6 is 11.6 Å². The average molecular weight is 288 g/mol. The van der Waals surface area contributed by atoms with Crippen molar-refractivity contribution >= 4 is 17.4 Å². The number of carbonyl (C=O) groups is 1. The van der Waals surface area contributed by atoms with E-state index in [1.54, 1.807) is 31.2 Å². The third-order valence-corrected chi connectivity index (χ3v) is 2.66. The lowest BCUT2D eigenvalue weighted by molar-refractivity contribution is -0.898. The van der Waals surface area contributed by atoms with Gasteiger partial charge in [0.25, 0.3) is 0 Å². The Morgan fingerprint density at radius 3 is 2.33 bits per heavy atom. The van der Waals surface area contributed by atoms with E-state index in [9.17, 15) is 10.0 Å². The van der Waals surface area contributed by atoms with Gasteiger partial charge < -0.3 is 16.8 Å². The Hall–Kier alpha value is -1.52. The number of carbonyl (C=O) groups excluding carboxylic acids is 1. The molecule has 0 atom stereocenters. The molecule has 18 heavy (non-hydrogen) atoms. The molecule has 0 saturated carbocycles. The molecule has 1 heterocycles. The summed E-state index contributed by atoms with van der Waals surface area (Å²) in [4.78, 5) is 11.3. The van der Waals surface area contributed by atoms with Gasteiger partial charge in [-0.25, -0.2) is 0 Å². The summed E-state index contributed by atoms with van der Waals surface area (Å²) in [5, 5.41) is 10.5. The Morgan fingerprint density at radius 1 is 1.33 bits per heavy atom.